The summed E-state index contributed by atoms with van der Waals surface area (Å²) in [5, 5.41) is 12.7. The van der Waals surface area contributed by atoms with E-state index < -0.39 is 84.7 Å². The Balaban J connectivity index is 0.00000203. The molecule has 6 aromatic rings. The first kappa shape index (κ1) is 59.0. The van der Waals surface area contributed by atoms with E-state index >= 15 is 4.39 Å². The molecule has 2 amide bonds. The molecule has 11 rings (SSSR count). The maximum atomic E-state index is 17.0. The number of cyclic esters (lactones) is 1. The lowest BCUT2D eigenvalue weighted by atomic mass is 9.95. The van der Waals surface area contributed by atoms with Crippen LogP contribution in [0.1, 0.15) is 74.0 Å². The summed E-state index contributed by atoms with van der Waals surface area (Å²) >= 11 is 7.58. The number of pyridine rings is 2. The minimum atomic E-state index is -1.69. The van der Waals surface area contributed by atoms with Crippen molar-refractivity contribution < 1.29 is 55.7 Å². The fourth-order valence-corrected chi connectivity index (χ4v) is 12.2. The second kappa shape index (κ2) is 24.1. The van der Waals surface area contributed by atoms with Gasteiger partial charge in [0.2, 0.25) is 6.10 Å². The molecular formula is C57H56ClF4N11O9S. The van der Waals surface area contributed by atoms with Gasteiger partial charge in [-0.05, 0) is 56.7 Å². The number of hydrogen-bond acceptors (Lipinski definition) is 18. The molecule has 5 aliphatic heterocycles. The minimum absolute atomic E-state index is 0.0199. The zero-order chi connectivity index (χ0) is 59.8. The molecule has 9 heterocycles. The Morgan fingerprint density at radius 1 is 1.07 bits per heavy atom. The van der Waals surface area contributed by atoms with Gasteiger partial charge in [0, 0.05) is 83.0 Å². The second-order valence-corrected chi connectivity index (χ2v) is 21.4. The SMILES string of the molecule is C=C.C=C(COC(=O)NCC(=O)OC1C(=O)OCc2c1cc1n(c2=O)Cc2cc3cc(N)c(F)cc3nc2-1)C(=O)N1CCN(c2nc(OC[C@@]34CCCN3CC(F)C4)nc3c(F)c(/C=c4\c(C#N)c(N)s\c4=C/F)c(Cl)cc23)C(C)C1.CC. The lowest BCUT2D eigenvalue weighted by Crippen LogP contribution is -2.54. The molecule has 3 saturated heterocycles. The Kier molecular flexibility index (Phi) is 17.1. The average molecular weight is 1180 g/mol. The molecule has 0 radical (unpaired) electrons. The zero-order valence-electron chi connectivity index (χ0n) is 45.3. The molecule has 0 bridgehead atoms. The molecule has 5 N–H and O–H groups in total. The van der Waals surface area contributed by atoms with Crippen molar-refractivity contribution in [1.82, 2.24) is 34.6 Å². The van der Waals surface area contributed by atoms with Crippen molar-refractivity contribution in [3.63, 3.8) is 0 Å². The summed E-state index contributed by atoms with van der Waals surface area (Å²) in [6, 6.07) is 8.50. The number of anilines is 3. The van der Waals surface area contributed by atoms with Crippen molar-refractivity contribution >= 4 is 97.6 Å². The van der Waals surface area contributed by atoms with E-state index in [0.29, 0.717) is 35.3 Å². The summed E-state index contributed by atoms with van der Waals surface area (Å²) in [6.07, 6.45) is -0.612. The van der Waals surface area contributed by atoms with Crippen LogP contribution in [0.4, 0.5) is 38.9 Å². The van der Waals surface area contributed by atoms with Crippen molar-refractivity contribution in [2.24, 2.45) is 0 Å². The Bertz CT molecular complexity index is 3910. The Hall–Kier alpha value is -8.60. The van der Waals surface area contributed by atoms with Crippen LogP contribution in [0.5, 0.6) is 6.01 Å². The van der Waals surface area contributed by atoms with Crippen LogP contribution in [0.3, 0.4) is 0 Å². The molecule has 20 nitrogen and oxygen atoms in total. The number of nitrogens with one attached hydrogen (secondary N) is 1. The molecule has 4 aromatic heterocycles. The van der Waals surface area contributed by atoms with Gasteiger partial charge in [0.25, 0.3) is 11.5 Å². The molecule has 83 heavy (non-hydrogen) atoms. The monoisotopic (exact) mass is 1180 g/mol. The largest absolute Gasteiger partial charge is 0.461 e. The van der Waals surface area contributed by atoms with E-state index in [9.17, 15) is 42.4 Å². The van der Waals surface area contributed by atoms with Gasteiger partial charge in [-0.1, -0.05) is 32.0 Å². The fraction of sp³-hybridized carbons (Fsp3) is 0.351. The number of nitriles is 1. The smallest absolute Gasteiger partial charge is 0.407 e. The minimum Gasteiger partial charge on any atom is -0.461 e. The van der Waals surface area contributed by atoms with Crippen molar-refractivity contribution in [1.29, 1.82) is 5.26 Å². The Morgan fingerprint density at radius 3 is 2.58 bits per heavy atom. The van der Waals surface area contributed by atoms with Gasteiger partial charge in [0.1, 0.15) is 67.1 Å². The van der Waals surface area contributed by atoms with Crippen molar-refractivity contribution in [2.75, 3.05) is 68.8 Å². The number of ether oxygens (including phenoxy) is 4. The number of alkyl halides is 1. The van der Waals surface area contributed by atoms with E-state index in [1.165, 1.54) is 39.8 Å². The number of thiophene rings is 1. The maximum absolute atomic E-state index is 17.0. The fourth-order valence-electron chi connectivity index (χ4n) is 11.1. The number of nitrogen functional groups attached to an aromatic ring is 2. The third-order valence-corrected chi connectivity index (χ3v) is 16.2. The number of nitrogens with zero attached hydrogens (tertiary/aromatic N) is 8. The molecule has 0 aliphatic carbocycles. The molecule has 26 heteroatoms. The topological polar surface area (TPSA) is 263 Å². The van der Waals surface area contributed by atoms with E-state index in [1.807, 2.05) is 29.7 Å². The highest BCUT2D eigenvalue weighted by Gasteiger charge is 2.49. The normalized spacial score (nSPS) is 20.0. The summed E-state index contributed by atoms with van der Waals surface area (Å²) in [5.74, 6) is -4.02. The van der Waals surface area contributed by atoms with E-state index in [-0.39, 0.29) is 134 Å². The standard InChI is InChI=1S/C53H46ClF4N11O9S.C2H6.C2H4/c1-24(21-76-52(74)62-17-41(70)78-45-30-12-39-43-27(8-26-9-37(60)36(57)13-38(26)63-43)19-69(39)49(72)34(30)22-75-50(45)73)48(71)66-6-7-68(25(2)18-66)47-32-11-35(54)31(10-29-33(16-59)46(61)79-40(29)15-55)42(58)44(32)64-51(65-47)77-23-53-4-3-5-67(53)20-28(56)14-53;2*1-2/h8-13,15,25,28,45H,1,3-7,14,17-23,60-61H2,2H3,(H,62,74);1-2H3;1-2H2/b29-10+,40-15-;;/t25?,28?,45?,53-;;/m0../s1. The van der Waals surface area contributed by atoms with E-state index in [0.717, 1.165) is 17.8 Å². The van der Waals surface area contributed by atoms with Gasteiger partial charge in [0.15, 0.2) is 5.82 Å². The van der Waals surface area contributed by atoms with Crippen LogP contribution in [-0.2, 0) is 41.7 Å². The third-order valence-electron chi connectivity index (χ3n) is 15.0. The van der Waals surface area contributed by atoms with Crippen molar-refractivity contribution in [2.45, 2.75) is 77.0 Å². The predicted octanol–water partition coefficient (Wildman–Crippen LogP) is 6.38. The first-order valence-corrected chi connectivity index (χ1v) is 27.5. The highest BCUT2D eigenvalue weighted by molar-refractivity contribution is 7.14. The van der Waals surface area contributed by atoms with Crippen LogP contribution >= 0.6 is 22.9 Å². The quantitative estimate of drug-likeness (QED) is 0.0317. The number of esters is 2. The number of benzene rings is 2. The van der Waals surface area contributed by atoms with Gasteiger partial charge in [0.05, 0.1) is 55.4 Å². The van der Waals surface area contributed by atoms with Gasteiger partial charge in [-0.25, -0.2) is 32.1 Å². The second-order valence-electron chi connectivity index (χ2n) is 19.9. The van der Waals surface area contributed by atoms with E-state index in [4.69, 9.17) is 47.0 Å². The number of aromatic nitrogens is 4. The number of carbonyl (C=O) groups excluding carboxylic acids is 4. The molecule has 3 unspecified atom stereocenters. The Labute approximate surface area is 480 Å². The van der Waals surface area contributed by atoms with Crippen LogP contribution in [0.25, 0.3) is 45.6 Å². The Morgan fingerprint density at radius 2 is 1.84 bits per heavy atom. The van der Waals surface area contributed by atoms with Gasteiger partial charge in [-0.15, -0.1) is 24.5 Å². The van der Waals surface area contributed by atoms with Crippen molar-refractivity contribution in [3.05, 3.63) is 120 Å². The summed E-state index contributed by atoms with van der Waals surface area (Å²) in [6.45, 7) is 15.2. The highest BCUT2D eigenvalue weighted by atomic mass is 35.5. The van der Waals surface area contributed by atoms with Crippen LogP contribution in [0.2, 0.25) is 5.02 Å². The number of rotatable bonds is 11. The summed E-state index contributed by atoms with van der Waals surface area (Å²) < 4.78 is 83.5. The van der Waals surface area contributed by atoms with E-state index in [2.05, 4.69) is 35.0 Å². The van der Waals surface area contributed by atoms with E-state index in [1.54, 1.807) is 13.0 Å². The summed E-state index contributed by atoms with van der Waals surface area (Å²) in [5.41, 5.74) is 11.6. The number of carbonyl (C=O) groups is 4. The lowest BCUT2D eigenvalue weighted by molar-refractivity contribution is -0.171. The summed E-state index contributed by atoms with van der Waals surface area (Å²) in [4.78, 5) is 85.5. The highest BCUT2D eigenvalue weighted by Crippen LogP contribution is 2.42. The number of hydrogen-bond donors (Lipinski definition) is 3. The molecule has 0 spiro atoms. The maximum Gasteiger partial charge on any atom is 0.407 e. The molecule has 2 aromatic carbocycles. The molecule has 0 saturated carbocycles. The molecule has 3 fully saturated rings. The van der Waals surface area contributed by atoms with Gasteiger partial charge < -0.3 is 50.1 Å². The van der Waals surface area contributed by atoms with Crippen LogP contribution in [-0.4, -0.2) is 123 Å². The van der Waals surface area contributed by atoms with Gasteiger partial charge in [-0.3, -0.25) is 19.3 Å². The third kappa shape index (κ3) is 11.1. The number of piperazine rings is 1. The number of alkyl carbamates (subject to hydrolysis) is 1. The molecular weight excluding hydrogens is 1130 g/mol. The van der Waals surface area contributed by atoms with Crippen LogP contribution < -0.4 is 41.7 Å². The van der Waals surface area contributed by atoms with Gasteiger partial charge in [-0.2, -0.15) is 15.2 Å². The average Bonchev–Trinajstić information content (AvgIpc) is 2.86. The molecule has 434 valence electrons. The first-order valence-electron chi connectivity index (χ1n) is 26.3. The van der Waals surface area contributed by atoms with Crippen LogP contribution in [0.15, 0.2) is 60.4 Å². The van der Waals surface area contributed by atoms with Crippen LogP contribution in [0, 0.1) is 23.0 Å². The molecule has 5 aliphatic rings. The lowest BCUT2D eigenvalue weighted by Gasteiger charge is -2.41. The number of nitrogens with two attached hydrogens (primary N) is 2. The van der Waals surface area contributed by atoms with Gasteiger partial charge >= 0.3 is 24.0 Å². The number of amides is 2. The number of fused-ring (bicyclic) bond motifs is 7. The zero-order valence-corrected chi connectivity index (χ0v) is 46.9. The number of halogens is 5. The summed E-state index contributed by atoms with van der Waals surface area (Å²) in [7, 11) is 0. The molecule has 4 atom stereocenters. The first-order chi connectivity index (χ1) is 39.8. The van der Waals surface area contributed by atoms with Crippen molar-refractivity contribution in [3.8, 4) is 23.5 Å². The predicted molar refractivity (Wildman–Crippen MR) is 303 cm³/mol.